The largest absolute Gasteiger partial charge is 0.243 e. The van der Waals surface area contributed by atoms with Crippen LogP contribution in [0, 0.1) is 0 Å². The predicted molar refractivity (Wildman–Crippen MR) is 151 cm³/mol. The maximum atomic E-state index is 4.76. The molecule has 154 valence electrons. The van der Waals surface area contributed by atoms with Crippen LogP contribution < -0.4 is 0 Å². The molecule has 0 saturated carbocycles. The second-order valence-electron chi connectivity index (χ2n) is 7.10. The summed E-state index contributed by atoms with van der Waals surface area (Å²) in [5, 5.41) is 6.57. The van der Waals surface area contributed by atoms with Gasteiger partial charge in [-0.05, 0) is 35.0 Å². The lowest BCUT2D eigenvalue weighted by atomic mass is 10.4. The van der Waals surface area contributed by atoms with Crippen LogP contribution in [0.2, 0.25) is 0 Å². The summed E-state index contributed by atoms with van der Waals surface area (Å²) in [5.41, 5.74) is 0. The summed E-state index contributed by atoms with van der Waals surface area (Å²) < 4.78 is 11.2. The standard InChI is InChI=1S/C22H8N2S8/c1-3-25-17-9(1)27-11-5-13(29-19(11)17)21-23-7-15(31-21)16-8-24-22(32-16)14-6-12-20(30-14)18-10(28-12)2-4-26-18/h1-8H. The van der Waals surface area contributed by atoms with Crippen LogP contribution in [0.5, 0.6) is 0 Å². The van der Waals surface area contributed by atoms with E-state index in [4.69, 9.17) is 9.97 Å². The number of thiazole rings is 2. The van der Waals surface area contributed by atoms with Crippen molar-refractivity contribution < 1.29 is 0 Å². The number of thiophene rings is 6. The zero-order valence-electron chi connectivity index (χ0n) is 15.8. The Bertz CT molecular complexity index is 1770. The van der Waals surface area contributed by atoms with Crippen LogP contribution >= 0.6 is 90.7 Å². The van der Waals surface area contributed by atoms with Gasteiger partial charge in [-0.15, -0.1) is 90.7 Å². The highest BCUT2D eigenvalue weighted by Gasteiger charge is 2.17. The van der Waals surface area contributed by atoms with E-state index in [0.717, 1.165) is 10.0 Å². The molecule has 32 heavy (non-hydrogen) atoms. The van der Waals surface area contributed by atoms with Gasteiger partial charge in [0.2, 0.25) is 0 Å². The Balaban J connectivity index is 1.15. The van der Waals surface area contributed by atoms with Gasteiger partial charge >= 0.3 is 0 Å². The highest BCUT2D eigenvalue weighted by molar-refractivity contribution is 7.40. The molecule has 0 aliphatic rings. The van der Waals surface area contributed by atoms with E-state index in [1.54, 1.807) is 22.7 Å². The Morgan fingerprint density at radius 2 is 0.969 bits per heavy atom. The summed E-state index contributed by atoms with van der Waals surface area (Å²) in [5.74, 6) is 0. The molecule has 8 heterocycles. The molecule has 0 aromatic carbocycles. The minimum Gasteiger partial charge on any atom is -0.243 e. The fourth-order valence-corrected chi connectivity index (χ4v) is 13.3. The Morgan fingerprint density at radius 3 is 1.47 bits per heavy atom. The lowest BCUT2D eigenvalue weighted by Gasteiger charge is -1.89. The molecule has 10 heteroatoms. The molecular formula is C22H8N2S8. The Hall–Kier alpha value is -1.50. The van der Waals surface area contributed by atoms with Gasteiger partial charge in [0.1, 0.15) is 10.0 Å². The first-order valence-electron chi connectivity index (χ1n) is 9.52. The highest BCUT2D eigenvalue weighted by atomic mass is 32.1. The molecule has 0 N–H and O–H groups in total. The Kier molecular flexibility index (Phi) is 4.13. The highest BCUT2D eigenvalue weighted by Crippen LogP contribution is 2.48. The van der Waals surface area contributed by atoms with Gasteiger partial charge in [-0.2, -0.15) is 0 Å². The van der Waals surface area contributed by atoms with Crippen LogP contribution in [0.4, 0.5) is 0 Å². The monoisotopic (exact) mass is 556 g/mol. The average Bonchev–Trinajstić information content (AvgIpc) is 3.60. The second kappa shape index (κ2) is 7.00. The molecule has 0 spiro atoms. The number of fused-ring (bicyclic) bond motifs is 6. The minimum absolute atomic E-state index is 1.10. The molecule has 0 bridgehead atoms. The summed E-state index contributed by atoms with van der Waals surface area (Å²) in [6.07, 6.45) is 4.02. The van der Waals surface area contributed by atoms with Crippen LogP contribution in [-0.4, -0.2) is 9.97 Å². The Morgan fingerprint density at radius 1 is 0.469 bits per heavy atom. The van der Waals surface area contributed by atoms with Crippen molar-refractivity contribution in [1.29, 1.82) is 0 Å². The average molecular weight is 557 g/mol. The summed E-state index contributed by atoms with van der Waals surface area (Å²) >= 11 is 14.7. The van der Waals surface area contributed by atoms with Gasteiger partial charge < -0.3 is 0 Å². The van der Waals surface area contributed by atoms with E-state index in [2.05, 4.69) is 35.0 Å². The molecule has 0 fully saturated rings. The van der Waals surface area contributed by atoms with E-state index in [0.29, 0.717) is 0 Å². The number of hydrogen-bond donors (Lipinski definition) is 0. The van der Waals surface area contributed by atoms with Gasteiger partial charge in [0.05, 0.1) is 38.3 Å². The smallest absolute Gasteiger partial charge is 0.133 e. The number of hydrogen-bond acceptors (Lipinski definition) is 10. The van der Waals surface area contributed by atoms with Crippen molar-refractivity contribution in [3.8, 4) is 29.5 Å². The van der Waals surface area contributed by atoms with E-state index in [1.807, 2.05) is 80.4 Å². The fourth-order valence-electron chi connectivity index (χ4n) is 3.76. The number of rotatable bonds is 3. The number of nitrogens with zero attached hydrogens (tertiary/aromatic N) is 2. The normalized spacial score (nSPS) is 12.4. The third-order valence-corrected chi connectivity index (χ3v) is 14.9. The third-order valence-electron chi connectivity index (χ3n) is 5.18. The van der Waals surface area contributed by atoms with E-state index < -0.39 is 0 Å². The molecule has 0 radical (unpaired) electrons. The topological polar surface area (TPSA) is 25.8 Å². The lowest BCUT2D eigenvalue weighted by molar-refractivity contribution is 1.42. The Labute approximate surface area is 213 Å². The molecule has 0 amide bonds. The maximum absolute atomic E-state index is 4.76. The van der Waals surface area contributed by atoms with Gasteiger partial charge in [-0.3, -0.25) is 0 Å². The summed E-state index contributed by atoms with van der Waals surface area (Å²) in [7, 11) is 0. The third kappa shape index (κ3) is 2.75. The quantitative estimate of drug-likeness (QED) is 0.216. The van der Waals surface area contributed by atoms with Gasteiger partial charge in [-0.25, -0.2) is 9.97 Å². The predicted octanol–water partition coefficient (Wildman–Crippen LogP) is 10.6. The summed E-state index contributed by atoms with van der Waals surface area (Å²) in [6, 6.07) is 9.06. The van der Waals surface area contributed by atoms with Crippen molar-refractivity contribution in [2.45, 2.75) is 0 Å². The van der Waals surface area contributed by atoms with Crippen LogP contribution in [0.1, 0.15) is 0 Å². The minimum atomic E-state index is 1.10. The first-order valence-corrected chi connectivity index (χ1v) is 16.2. The van der Waals surface area contributed by atoms with Crippen molar-refractivity contribution in [3.63, 3.8) is 0 Å². The summed E-state index contributed by atoms with van der Waals surface area (Å²) in [4.78, 5) is 14.4. The van der Waals surface area contributed by atoms with Crippen LogP contribution in [0.3, 0.4) is 0 Å². The molecule has 8 aromatic rings. The molecule has 2 nitrogen and oxygen atoms in total. The maximum Gasteiger partial charge on any atom is 0.133 e. The van der Waals surface area contributed by atoms with Gasteiger partial charge in [-0.1, -0.05) is 0 Å². The van der Waals surface area contributed by atoms with Gasteiger partial charge in [0, 0.05) is 31.2 Å². The van der Waals surface area contributed by atoms with Crippen molar-refractivity contribution in [2.24, 2.45) is 0 Å². The first kappa shape index (κ1) is 18.9. The van der Waals surface area contributed by atoms with Crippen LogP contribution in [-0.2, 0) is 0 Å². The van der Waals surface area contributed by atoms with E-state index in [-0.39, 0.29) is 0 Å². The van der Waals surface area contributed by atoms with Crippen molar-refractivity contribution in [2.75, 3.05) is 0 Å². The van der Waals surface area contributed by atoms with E-state index in [1.165, 1.54) is 57.1 Å². The fraction of sp³-hybridized carbons (Fsp3) is 0. The van der Waals surface area contributed by atoms with Crippen molar-refractivity contribution in [1.82, 2.24) is 9.97 Å². The number of aromatic nitrogens is 2. The molecule has 0 aliphatic carbocycles. The molecule has 0 aliphatic heterocycles. The van der Waals surface area contributed by atoms with E-state index >= 15 is 0 Å². The van der Waals surface area contributed by atoms with Crippen molar-refractivity contribution in [3.05, 3.63) is 47.4 Å². The van der Waals surface area contributed by atoms with Gasteiger partial charge in [0.15, 0.2) is 0 Å². The van der Waals surface area contributed by atoms with Gasteiger partial charge in [0.25, 0.3) is 0 Å². The molecule has 0 atom stereocenters. The van der Waals surface area contributed by atoms with Crippen LogP contribution in [0.25, 0.3) is 67.1 Å². The zero-order chi connectivity index (χ0) is 20.8. The van der Waals surface area contributed by atoms with Crippen LogP contribution in [0.15, 0.2) is 47.4 Å². The van der Waals surface area contributed by atoms with E-state index in [9.17, 15) is 0 Å². The molecule has 0 saturated heterocycles. The van der Waals surface area contributed by atoms with Crippen molar-refractivity contribution >= 4 is 128 Å². The lowest BCUT2D eigenvalue weighted by Crippen LogP contribution is -1.64. The molecule has 0 unspecified atom stereocenters. The summed E-state index contributed by atoms with van der Waals surface area (Å²) in [6.45, 7) is 0. The molecule has 8 rings (SSSR count). The zero-order valence-corrected chi connectivity index (χ0v) is 22.3. The SMILES string of the molecule is c1cc2sc3cc(-c4ncc(-c5cnc(-c6cc7sc8ccsc8c7s6)s5)s4)sc3c2s1. The second-order valence-corrected chi connectivity index (χ2v) is 15.3. The molecular weight excluding hydrogens is 549 g/mol. The molecule has 8 aromatic heterocycles. The first-order chi connectivity index (χ1) is 15.8.